The largest absolute Gasteiger partial charge is 0.370 e. The summed E-state index contributed by atoms with van der Waals surface area (Å²) in [6, 6.07) is 14.7. The molecule has 1 aliphatic carbocycles. The molecule has 3 aromatic rings. The highest BCUT2D eigenvalue weighted by atomic mass is 28.3. The van der Waals surface area contributed by atoms with Gasteiger partial charge >= 0.3 is 0 Å². The maximum absolute atomic E-state index is 5.63. The number of aromatic nitrogens is 1. The highest BCUT2D eigenvalue weighted by molar-refractivity contribution is 6.79. The van der Waals surface area contributed by atoms with E-state index in [4.69, 9.17) is 11.4 Å². The van der Waals surface area contributed by atoms with Crippen LogP contribution in [0.4, 0.5) is 5.69 Å². The predicted octanol–water partition coefficient (Wildman–Crippen LogP) is 9.12. The van der Waals surface area contributed by atoms with Gasteiger partial charge in [-0.05, 0) is 94.4 Å². The summed E-state index contributed by atoms with van der Waals surface area (Å²) in [6.07, 6.45) is 12.1. The van der Waals surface area contributed by atoms with Crippen molar-refractivity contribution in [3.8, 4) is 12.3 Å². The molecule has 4 heterocycles. The standard InChI is InChI=1S/C23H34N2Si.C17H20N2/c1-9-10-11-21-22-18(14-15-24(21)6)19-16-17(2)12-13-20(19)25(22)26(7,8)23(3,4)5;1-11-4-6-14-13(10-11)17-8-9-19(3)15(16(17)18-14)7-5-12(17)2/h1,12-13,16,21H,10-11,14-15H2,2-8H3;4,6,10,15H,2,5,7-9H2,1,3H3. The van der Waals surface area contributed by atoms with E-state index in [2.05, 4.69) is 125 Å². The average molecular weight is 619 g/mol. The molecule has 5 heteroatoms. The van der Waals surface area contributed by atoms with Gasteiger partial charge in [0.1, 0.15) is 0 Å². The Balaban J connectivity index is 0.000000166. The van der Waals surface area contributed by atoms with Gasteiger partial charge in [0.15, 0.2) is 8.24 Å². The van der Waals surface area contributed by atoms with Crippen LogP contribution in [0.25, 0.3) is 10.9 Å². The van der Waals surface area contributed by atoms with Crippen LogP contribution in [0.2, 0.25) is 18.1 Å². The molecule has 3 atom stereocenters. The molecule has 3 unspecified atom stereocenters. The topological polar surface area (TPSA) is 23.8 Å². The molecule has 45 heavy (non-hydrogen) atoms. The Morgan fingerprint density at radius 2 is 1.73 bits per heavy atom. The Kier molecular flexibility index (Phi) is 8.12. The predicted molar refractivity (Wildman–Crippen MR) is 196 cm³/mol. The van der Waals surface area contributed by atoms with E-state index in [1.165, 1.54) is 51.0 Å². The molecule has 4 aliphatic rings. The third kappa shape index (κ3) is 5.00. The number of benzene rings is 2. The fourth-order valence-corrected chi connectivity index (χ4v) is 10.8. The molecule has 0 N–H and O–H groups in total. The molecule has 2 bridgehead atoms. The van der Waals surface area contributed by atoms with Crippen LogP contribution >= 0.6 is 0 Å². The quantitative estimate of drug-likeness (QED) is 0.166. The zero-order chi connectivity index (χ0) is 32.5. The Bertz CT molecular complexity index is 1730. The van der Waals surface area contributed by atoms with Crippen molar-refractivity contribution in [1.29, 1.82) is 0 Å². The molecule has 7 rings (SSSR count). The van der Waals surface area contributed by atoms with Crippen LogP contribution in [0.1, 0.15) is 86.9 Å². The molecule has 0 spiro atoms. The molecular weight excluding hydrogens is 565 g/mol. The molecule has 2 fully saturated rings. The zero-order valence-corrected chi connectivity index (χ0v) is 30.3. The minimum Gasteiger partial charge on any atom is -0.370 e. The number of terminal acetylenes is 1. The Hall–Kier alpha value is -2.91. The Morgan fingerprint density at radius 1 is 1.02 bits per heavy atom. The van der Waals surface area contributed by atoms with E-state index in [1.807, 2.05) is 0 Å². The molecule has 0 amide bonds. The number of nitrogens with zero attached hydrogens (tertiary/aromatic N) is 4. The van der Waals surface area contributed by atoms with E-state index >= 15 is 0 Å². The number of hydrogen-bond acceptors (Lipinski definition) is 3. The molecule has 2 aromatic carbocycles. The molecular formula is C40H54N4Si. The number of aryl methyl sites for hydroxylation is 2. The third-order valence-corrected chi connectivity index (χ3v) is 17.4. The van der Waals surface area contributed by atoms with Gasteiger partial charge in [-0.1, -0.05) is 75.3 Å². The summed E-state index contributed by atoms with van der Waals surface area (Å²) < 4.78 is 2.79. The fourth-order valence-electron chi connectivity index (χ4n) is 8.48. The van der Waals surface area contributed by atoms with Gasteiger partial charge in [0.2, 0.25) is 0 Å². The summed E-state index contributed by atoms with van der Waals surface area (Å²) in [5.41, 5.74) is 12.7. The number of aliphatic imine (C=N–C) groups is 1. The smallest absolute Gasteiger partial charge is 0.161 e. The minimum atomic E-state index is -1.76. The second-order valence-corrected chi connectivity index (χ2v) is 20.9. The number of hydrogen-bond donors (Lipinski definition) is 0. The maximum Gasteiger partial charge on any atom is 0.161 e. The van der Waals surface area contributed by atoms with Crippen molar-refractivity contribution in [1.82, 2.24) is 14.0 Å². The zero-order valence-electron chi connectivity index (χ0n) is 29.3. The van der Waals surface area contributed by atoms with E-state index < -0.39 is 8.24 Å². The first-order valence-corrected chi connectivity index (χ1v) is 20.0. The van der Waals surface area contributed by atoms with E-state index in [9.17, 15) is 0 Å². The van der Waals surface area contributed by atoms with E-state index in [0.29, 0.717) is 12.1 Å². The lowest BCUT2D eigenvalue weighted by atomic mass is 9.60. The van der Waals surface area contributed by atoms with Gasteiger partial charge in [-0.25, -0.2) is 0 Å². The molecule has 0 radical (unpaired) electrons. The van der Waals surface area contributed by atoms with E-state index in [-0.39, 0.29) is 10.5 Å². The van der Waals surface area contributed by atoms with Gasteiger partial charge in [-0.2, -0.15) is 0 Å². The number of rotatable bonds is 3. The summed E-state index contributed by atoms with van der Waals surface area (Å²) >= 11 is 0. The lowest BCUT2D eigenvalue weighted by Gasteiger charge is -2.49. The Morgan fingerprint density at radius 3 is 2.44 bits per heavy atom. The number of allylic oxidation sites excluding steroid dienone is 1. The second-order valence-electron chi connectivity index (χ2n) is 15.8. The number of piperidine rings is 1. The number of fused-ring (bicyclic) bond motifs is 4. The molecule has 238 valence electrons. The van der Waals surface area contributed by atoms with Gasteiger partial charge in [-0.15, -0.1) is 12.3 Å². The van der Waals surface area contributed by atoms with Crippen LogP contribution in [-0.2, 0) is 11.8 Å². The minimum absolute atomic E-state index is 0.0662. The van der Waals surface area contributed by atoms with Crippen molar-refractivity contribution >= 4 is 30.5 Å². The summed E-state index contributed by atoms with van der Waals surface area (Å²) in [4.78, 5) is 10.0. The first kappa shape index (κ1) is 32.0. The second kappa shape index (κ2) is 11.4. The lowest BCUT2D eigenvalue weighted by molar-refractivity contribution is 0.216. The van der Waals surface area contributed by atoms with Crippen molar-refractivity contribution in [2.45, 2.75) is 109 Å². The molecule has 1 saturated heterocycles. The molecule has 4 nitrogen and oxygen atoms in total. The number of likely N-dealkylation sites (tertiary alicyclic amines) is 1. The van der Waals surface area contributed by atoms with E-state index in [0.717, 1.165) is 45.2 Å². The first-order chi connectivity index (χ1) is 21.2. The van der Waals surface area contributed by atoms with Crippen molar-refractivity contribution < 1.29 is 0 Å². The first-order valence-electron chi connectivity index (χ1n) is 17.1. The molecule has 3 aliphatic heterocycles. The average Bonchev–Trinajstić information content (AvgIpc) is 3.49. The van der Waals surface area contributed by atoms with Gasteiger partial charge in [0.25, 0.3) is 0 Å². The highest BCUT2D eigenvalue weighted by Crippen LogP contribution is 2.54. The monoisotopic (exact) mass is 618 g/mol. The highest BCUT2D eigenvalue weighted by Gasteiger charge is 2.54. The van der Waals surface area contributed by atoms with Crippen LogP contribution in [0.5, 0.6) is 0 Å². The summed E-state index contributed by atoms with van der Waals surface area (Å²) in [6.45, 7) is 23.4. The van der Waals surface area contributed by atoms with Crippen LogP contribution in [-0.4, -0.2) is 61.2 Å². The SMILES string of the molecule is C#CCCC1c2c(c3cc(C)ccc3n2[Si](C)(C)C(C)(C)C)CCN1C.C=C1CCC2C3=Nc4ccc(C)cc4C13CCN2C. The van der Waals surface area contributed by atoms with Crippen LogP contribution in [0.15, 0.2) is 53.5 Å². The lowest BCUT2D eigenvalue weighted by Crippen LogP contribution is -2.57. The molecule has 1 saturated carbocycles. The van der Waals surface area contributed by atoms with Crippen molar-refractivity contribution in [2.24, 2.45) is 4.99 Å². The fraction of sp³-hybridized carbons (Fsp3) is 0.525. The van der Waals surface area contributed by atoms with Crippen molar-refractivity contribution in [3.05, 3.63) is 76.5 Å². The van der Waals surface area contributed by atoms with Crippen LogP contribution in [0, 0.1) is 26.2 Å². The normalized spacial score (nSPS) is 24.7. The third-order valence-electron chi connectivity index (χ3n) is 12.1. The van der Waals surface area contributed by atoms with Gasteiger partial charge < -0.3 is 4.23 Å². The van der Waals surface area contributed by atoms with Crippen molar-refractivity contribution in [2.75, 3.05) is 27.2 Å². The summed E-state index contributed by atoms with van der Waals surface area (Å²) in [5, 5.41) is 1.76. The number of likely N-dealkylation sites (N-methyl/N-ethyl adjacent to an activating group) is 1. The maximum atomic E-state index is 5.63. The summed E-state index contributed by atoms with van der Waals surface area (Å²) in [5.74, 6) is 2.87. The van der Waals surface area contributed by atoms with Crippen LogP contribution in [0.3, 0.4) is 0 Å². The van der Waals surface area contributed by atoms with Gasteiger partial charge in [0.05, 0.1) is 22.9 Å². The van der Waals surface area contributed by atoms with Gasteiger partial charge in [0, 0.05) is 42.1 Å². The van der Waals surface area contributed by atoms with E-state index in [1.54, 1.807) is 11.3 Å². The van der Waals surface area contributed by atoms with Gasteiger partial charge in [-0.3, -0.25) is 14.8 Å². The van der Waals surface area contributed by atoms with Crippen molar-refractivity contribution in [3.63, 3.8) is 0 Å². The molecule has 1 aromatic heterocycles. The summed E-state index contributed by atoms with van der Waals surface area (Å²) in [7, 11) is 2.74. The Labute approximate surface area is 273 Å². The van der Waals surface area contributed by atoms with Crippen LogP contribution < -0.4 is 0 Å².